The van der Waals surface area contributed by atoms with E-state index in [0.29, 0.717) is 6.61 Å². The number of nitrogens with one attached hydrogen (secondary N) is 2. The summed E-state index contributed by atoms with van der Waals surface area (Å²) < 4.78 is 5.37. The second-order valence-electron chi connectivity index (χ2n) is 6.99. The second kappa shape index (κ2) is 7.97. The number of fused-ring (bicyclic) bond motifs is 1. The number of hydrogen-bond donors (Lipinski definition) is 2. The average Bonchev–Trinajstić information content (AvgIpc) is 3.04. The molecule has 25 heavy (non-hydrogen) atoms. The van der Waals surface area contributed by atoms with E-state index in [1.54, 1.807) is 7.11 Å². The van der Waals surface area contributed by atoms with E-state index in [-0.39, 0.29) is 11.3 Å². The lowest BCUT2D eigenvalue weighted by Crippen LogP contribution is -2.50. The topological polar surface area (TPSA) is 70.2 Å². The van der Waals surface area contributed by atoms with Crippen molar-refractivity contribution in [2.45, 2.75) is 25.7 Å². The highest BCUT2D eigenvalue weighted by Gasteiger charge is 2.41. The summed E-state index contributed by atoms with van der Waals surface area (Å²) >= 11 is 0. The molecule has 1 saturated heterocycles. The SMILES string of the molecule is COCC1(C(=O)N(C)CCCc2nc3ccccc3[nH]2)CCNCC1. The van der Waals surface area contributed by atoms with E-state index in [4.69, 9.17) is 4.74 Å². The van der Waals surface area contributed by atoms with Crippen molar-refractivity contribution in [2.24, 2.45) is 5.41 Å². The van der Waals surface area contributed by atoms with Gasteiger partial charge in [-0.2, -0.15) is 0 Å². The van der Waals surface area contributed by atoms with Crippen LogP contribution in [0.5, 0.6) is 0 Å². The summed E-state index contributed by atoms with van der Waals surface area (Å²) in [6.45, 7) is 2.99. The number of ether oxygens (including phenoxy) is 1. The summed E-state index contributed by atoms with van der Waals surface area (Å²) in [4.78, 5) is 22.8. The maximum absolute atomic E-state index is 13.0. The predicted molar refractivity (Wildman–Crippen MR) is 98.5 cm³/mol. The number of aromatic amines is 1. The fraction of sp³-hybridized carbons (Fsp3) is 0.579. The van der Waals surface area contributed by atoms with Crippen LogP contribution in [-0.4, -0.2) is 61.2 Å². The van der Waals surface area contributed by atoms with E-state index >= 15 is 0 Å². The minimum absolute atomic E-state index is 0.209. The van der Waals surface area contributed by atoms with Crippen molar-refractivity contribution < 1.29 is 9.53 Å². The van der Waals surface area contributed by atoms with Crippen LogP contribution in [0, 0.1) is 5.41 Å². The Morgan fingerprint density at radius 1 is 1.32 bits per heavy atom. The molecule has 0 unspecified atom stereocenters. The van der Waals surface area contributed by atoms with Crippen LogP contribution in [-0.2, 0) is 16.0 Å². The zero-order valence-electron chi connectivity index (χ0n) is 15.2. The standard InChI is InChI=1S/C19H28N4O2/c1-23(18(24)19(14-25-2)9-11-20-12-10-19)13-5-8-17-21-15-6-3-4-7-16(15)22-17/h3-4,6-7,20H,5,8-14H2,1-2H3,(H,21,22). The average molecular weight is 344 g/mol. The van der Waals surface area contributed by atoms with E-state index in [2.05, 4.69) is 15.3 Å². The third kappa shape index (κ3) is 4.02. The van der Waals surface area contributed by atoms with Crippen LogP contribution in [0.3, 0.4) is 0 Å². The maximum Gasteiger partial charge on any atom is 0.230 e. The lowest BCUT2D eigenvalue weighted by atomic mass is 9.78. The molecule has 0 aliphatic carbocycles. The lowest BCUT2D eigenvalue weighted by molar-refractivity contribution is -0.146. The number of methoxy groups -OCH3 is 1. The Morgan fingerprint density at radius 2 is 2.08 bits per heavy atom. The number of piperidine rings is 1. The highest BCUT2D eigenvalue weighted by Crippen LogP contribution is 2.31. The van der Waals surface area contributed by atoms with Gasteiger partial charge in [-0.05, 0) is 44.5 Å². The molecule has 2 aromatic rings. The molecule has 6 heteroatoms. The second-order valence-corrected chi connectivity index (χ2v) is 6.99. The molecule has 0 spiro atoms. The van der Waals surface area contributed by atoms with Crippen LogP contribution in [0.1, 0.15) is 25.1 Å². The molecule has 2 heterocycles. The van der Waals surface area contributed by atoms with Gasteiger partial charge in [0.1, 0.15) is 5.82 Å². The molecule has 3 rings (SSSR count). The highest BCUT2D eigenvalue weighted by atomic mass is 16.5. The number of carbonyl (C=O) groups excluding carboxylic acids is 1. The Morgan fingerprint density at radius 3 is 2.80 bits per heavy atom. The Balaban J connectivity index is 1.55. The molecule has 0 atom stereocenters. The first-order chi connectivity index (χ1) is 12.1. The van der Waals surface area contributed by atoms with Gasteiger partial charge in [0.15, 0.2) is 0 Å². The van der Waals surface area contributed by atoms with E-state index in [1.165, 1.54) is 0 Å². The number of aryl methyl sites for hydroxylation is 1. The maximum atomic E-state index is 13.0. The number of nitrogens with zero attached hydrogens (tertiary/aromatic N) is 2. The number of aromatic nitrogens is 2. The molecule has 1 aromatic heterocycles. The van der Waals surface area contributed by atoms with Crippen LogP contribution >= 0.6 is 0 Å². The lowest BCUT2D eigenvalue weighted by Gasteiger charge is -2.38. The summed E-state index contributed by atoms with van der Waals surface area (Å²) in [5, 5.41) is 3.33. The number of amides is 1. The number of H-pyrrole nitrogens is 1. The summed E-state index contributed by atoms with van der Waals surface area (Å²) in [6.07, 6.45) is 3.41. The molecule has 2 N–H and O–H groups in total. The van der Waals surface area contributed by atoms with E-state index in [1.807, 2.05) is 36.2 Å². The van der Waals surface area contributed by atoms with Crippen molar-refractivity contribution in [1.82, 2.24) is 20.2 Å². The van der Waals surface area contributed by atoms with Crippen molar-refractivity contribution in [3.63, 3.8) is 0 Å². The fourth-order valence-electron chi connectivity index (χ4n) is 3.72. The quantitative estimate of drug-likeness (QED) is 0.806. The molecule has 1 aliphatic heterocycles. The fourth-order valence-corrected chi connectivity index (χ4v) is 3.72. The molecule has 136 valence electrons. The van der Waals surface area contributed by atoms with Gasteiger partial charge in [0.25, 0.3) is 0 Å². The normalized spacial score (nSPS) is 16.9. The van der Waals surface area contributed by atoms with Crippen LogP contribution in [0.15, 0.2) is 24.3 Å². The van der Waals surface area contributed by atoms with Crippen LogP contribution < -0.4 is 5.32 Å². The van der Waals surface area contributed by atoms with Crippen LogP contribution in [0.25, 0.3) is 11.0 Å². The van der Waals surface area contributed by atoms with E-state index in [0.717, 1.165) is 62.2 Å². The van der Waals surface area contributed by atoms with Crippen molar-refractivity contribution in [2.75, 3.05) is 40.4 Å². The van der Waals surface area contributed by atoms with Gasteiger partial charge in [0.2, 0.25) is 5.91 Å². The Bertz CT molecular complexity index is 668. The minimum atomic E-state index is -0.367. The van der Waals surface area contributed by atoms with Gasteiger partial charge in [-0.25, -0.2) is 4.98 Å². The Labute approximate surface area is 149 Å². The zero-order valence-corrected chi connectivity index (χ0v) is 15.2. The summed E-state index contributed by atoms with van der Waals surface area (Å²) in [5.41, 5.74) is 1.69. The summed E-state index contributed by atoms with van der Waals surface area (Å²) in [6, 6.07) is 8.04. The minimum Gasteiger partial charge on any atom is -0.384 e. The predicted octanol–water partition coefficient (Wildman–Crippen LogP) is 1.97. The van der Waals surface area contributed by atoms with Gasteiger partial charge in [-0.15, -0.1) is 0 Å². The first-order valence-electron chi connectivity index (χ1n) is 9.03. The first-order valence-corrected chi connectivity index (χ1v) is 9.03. The van der Waals surface area contributed by atoms with Crippen LogP contribution in [0.4, 0.5) is 0 Å². The molecule has 0 bridgehead atoms. The number of imidazole rings is 1. The molecule has 0 radical (unpaired) electrons. The van der Waals surface area contributed by atoms with Gasteiger partial charge >= 0.3 is 0 Å². The van der Waals surface area contributed by atoms with Gasteiger partial charge in [0, 0.05) is 27.1 Å². The van der Waals surface area contributed by atoms with Gasteiger partial charge in [0.05, 0.1) is 23.1 Å². The summed E-state index contributed by atoms with van der Waals surface area (Å²) in [5.74, 6) is 1.19. The Hall–Kier alpha value is -1.92. The first kappa shape index (κ1) is 17.9. The molecular formula is C19H28N4O2. The molecular weight excluding hydrogens is 316 g/mol. The van der Waals surface area contributed by atoms with E-state index in [9.17, 15) is 4.79 Å². The molecule has 6 nitrogen and oxygen atoms in total. The zero-order chi connectivity index (χ0) is 17.7. The van der Waals surface area contributed by atoms with Crippen molar-refractivity contribution in [3.8, 4) is 0 Å². The number of benzene rings is 1. The molecule has 0 saturated carbocycles. The number of para-hydroxylation sites is 2. The number of rotatable bonds is 7. The Kier molecular flexibility index (Phi) is 5.71. The third-order valence-corrected chi connectivity index (χ3v) is 5.13. The smallest absolute Gasteiger partial charge is 0.230 e. The molecule has 1 fully saturated rings. The third-order valence-electron chi connectivity index (χ3n) is 5.13. The number of carbonyl (C=O) groups is 1. The monoisotopic (exact) mass is 344 g/mol. The summed E-state index contributed by atoms with van der Waals surface area (Å²) in [7, 11) is 3.58. The van der Waals surface area contributed by atoms with Gasteiger partial charge in [-0.1, -0.05) is 12.1 Å². The van der Waals surface area contributed by atoms with Crippen molar-refractivity contribution >= 4 is 16.9 Å². The molecule has 1 aromatic carbocycles. The van der Waals surface area contributed by atoms with Gasteiger partial charge in [-0.3, -0.25) is 4.79 Å². The van der Waals surface area contributed by atoms with Gasteiger partial charge < -0.3 is 19.9 Å². The van der Waals surface area contributed by atoms with E-state index < -0.39 is 0 Å². The highest BCUT2D eigenvalue weighted by molar-refractivity contribution is 5.83. The molecule has 1 amide bonds. The van der Waals surface area contributed by atoms with Crippen molar-refractivity contribution in [1.29, 1.82) is 0 Å². The number of hydrogen-bond acceptors (Lipinski definition) is 4. The van der Waals surface area contributed by atoms with Crippen molar-refractivity contribution in [3.05, 3.63) is 30.1 Å². The van der Waals surface area contributed by atoms with Crippen LogP contribution in [0.2, 0.25) is 0 Å². The molecule has 1 aliphatic rings. The largest absolute Gasteiger partial charge is 0.384 e.